The largest absolute Gasteiger partial charge is 0.309 e. The van der Waals surface area contributed by atoms with Crippen LogP contribution in [0.4, 0.5) is 17.1 Å². The fourth-order valence-electron chi connectivity index (χ4n) is 8.79. The van der Waals surface area contributed by atoms with E-state index in [2.05, 4.69) is 228 Å². The number of aromatic nitrogens is 1. The second-order valence-corrected chi connectivity index (χ2v) is 14.5. The van der Waals surface area contributed by atoms with Gasteiger partial charge in [0, 0.05) is 32.9 Å². The number of benzene rings is 10. The minimum absolute atomic E-state index is 1.10. The van der Waals surface area contributed by atoms with Crippen molar-refractivity contribution in [2.45, 2.75) is 0 Å². The summed E-state index contributed by atoms with van der Waals surface area (Å²) in [5.74, 6) is 0. The van der Waals surface area contributed by atoms with Crippen molar-refractivity contribution in [2.75, 3.05) is 4.90 Å². The normalized spacial score (nSPS) is 11.6. The first-order valence-corrected chi connectivity index (χ1v) is 19.3. The van der Waals surface area contributed by atoms with Gasteiger partial charge in [0.1, 0.15) is 0 Å². The van der Waals surface area contributed by atoms with E-state index in [9.17, 15) is 0 Å². The summed E-state index contributed by atoms with van der Waals surface area (Å²) in [6, 6.07) is 79.4. The fourth-order valence-corrected chi connectivity index (χ4v) is 8.79. The van der Waals surface area contributed by atoms with Crippen molar-refractivity contribution < 1.29 is 0 Å². The standard InChI is InChI=1S/C54H36N2/c1-3-14-37(15-4-1)38-26-29-42(30-27-38)55(52-35-33-44(39-16-5-2-6-17-39)47-21-9-10-22-48(47)52)50-25-13-19-41-36-43(31-32-45(41)50)56-51-24-12-11-23-49(51)54-46-20-8-7-18-40(46)28-34-53(54)56/h1-36H. The Kier molecular flexibility index (Phi) is 7.53. The van der Waals surface area contributed by atoms with Gasteiger partial charge in [-0.05, 0) is 92.3 Å². The third-order valence-corrected chi connectivity index (χ3v) is 11.4. The zero-order chi connectivity index (χ0) is 37.0. The van der Waals surface area contributed by atoms with E-state index in [1.807, 2.05) is 0 Å². The number of para-hydroxylation sites is 1. The molecule has 0 unspecified atom stereocenters. The molecule has 1 heterocycles. The predicted molar refractivity (Wildman–Crippen MR) is 239 cm³/mol. The van der Waals surface area contributed by atoms with Crippen LogP contribution in [0.5, 0.6) is 0 Å². The summed E-state index contributed by atoms with van der Waals surface area (Å²) in [6.07, 6.45) is 0. The molecule has 0 aliphatic rings. The first kappa shape index (κ1) is 32.0. The minimum Gasteiger partial charge on any atom is -0.309 e. The van der Waals surface area contributed by atoms with Crippen molar-refractivity contribution in [1.82, 2.24) is 4.57 Å². The van der Waals surface area contributed by atoms with Crippen LogP contribution in [0.1, 0.15) is 0 Å². The highest BCUT2D eigenvalue weighted by Crippen LogP contribution is 2.45. The van der Waals surface area contributed by atoms with Gasteiger partial charge in [-0.25, -0.2) is 0 Å². The molecule has 56 heavy (non-hydrogen) atoms. The zero-order valence-electron chi connectivity index (χ0n) is 30.7. The Morgan fingerprint density at radius 1 is 0.321 bits per heavy atom. The Balaban J connectivity index is 1.12. The number of hydrogen-bond donors (Lipinski definition) is 0. The van der Waals surface area contributed by atoms with Crippen molar-refractivity contribution in [3.8, 4) is 27.9 Å². The molecule has 11 rings (SSSR count). The van der Waals surface area contributed by atoms with Crippen LogP contribution in [0.15, 0.2) is 218 Å². The van der Waals surface area contributed by atoms with Crippen LogP contribution >= 0.6 is 0 Å². The maximum absolute atomic E-state index is 2.44. The topological polar surface area (TPSA) is 8.17 Å². The monoisotopic (exact) mass is 712 g/mol. The third kappa shape index (κ3) is 5.19. The summed E-state index contributed by atoms with van der Waals surface area (Å²) in [5.41, 5.74) is 11.8. The Hall–Kier alpha value is -7.42. The quantitative estimate of drug-likeness (QED) is 0.167. The lowest BCUT2D eigenvalue weighted by Crippen LogP contribution is -2.11. The molecular weight excluding hydrogens is 677 g/mol. The molecule has 0 spiro atoms. The van der Waals surface area contributed by atoms with E-state index in [0.29, 0.717) is 0 Å². The molecule has 0 radical (unpaired) electrons. The Morgan fingerprint density at radius 2 is 0.946 bits per heavy atom. The van der Waals surface area contributed by atoms with Crippen molar-refractivity contribution in [2.24, 2.45) is 0 Å². The summed E-state index contributed by atoms with van der Waals surface area (Å²) in [5, 5.41) is 9.90. The highest BCUT2D eigenvalue weighted by Gasteiger charge is 2.21. The van der Waals surface area contributed by atoms with Crippen LogP contribution in [-0.2, 0) is 0 Å². The number of fused-ring (bicyclic) bond motifs is 7. The van der Waals surface area contributed by atoms with E-state index in [-0.39, 0.29) is 0 Å². The molecule has 0 saturated heterocycles. The summed E-state index contributed by atoms with van der Waals surface area (Å²) in [4.78, 5) is 2.44. The molecule has 0 N–H and O–H groups in total. The Bertz CT molecular complexity index is 3230. The van der Waals surface area contributed by atoms with Crippen LogP contribution in [-0.4, -0.2) is 4.57 Å². The Morgan fingerprint density at radius 3 is 1.75 bits per heavy atom. The second-order valence-electron chi connectivity index (χ2n) is 14.5. The van der Waals surface area contributed by atoms with Crippen LogP contribution in [0.2, 0.25) is 0 Å². The average molecular weight is 713 g/mol. The molecule has 0 aliphatic heterocycles. The minimum atomic E-state index is 1.10. The molecule has 0 aliphatic carbocycles. The predicted octanol–water partition coefficient (Wildman–Crippen LogP) is 15.0. The van der Waals surface area contributed by atoms with E-state index in [1.165, 1.54) is 76.4 Å². The van der Waals surface area contributed by atoms with Crippen LogP contribution in [0.3, 0.4) is 0 Å². The molecule has 0 amide bonds. The lowest BCUT2D eigenvalue weighted by atomic mass is 9.96. The molecule has 2 nitrogen and oxygen atoms in total. The molecule has 1 aromatic heterocycles. The Labute approximate surface area is 325 Å². The van der Waals surface area contributed by atoms with Gasteiger partial charge < -0.3 is 9.47 Å². The molecule has 0 atom stereocenters. The van der Waals surface area contributed by atoms with E-state index in [4.69, 9.17) is 0 Å². The SMILES string of the molecule is c1ccc(-c2ccc(N(c3cccc4cc(-n5c6ccccc6c6c7ccccc7ccc65)ccc34)c3ccc(-c4ccccc4)c4ccccc34)cc2)cc1. The molecule has 2 heteroatoms. The smallest absolute Gasteiger partial charge is 0.0547 e. The van der Waals surface area contributed by atoms with E-state index in [1.54, 1.807) is 0 Å². The summed E-state index contributed by atoms with van der Waals surface area (Å²) in [6.45, 7) is 0. The second kappa shape index (κ2) is 13.2. The summed E-state index contributed by atoms with van der Waals surface area (Å²) >= 11 is 0. The van der Waals surface area contributed by atoms with Gasteiger partial charge >= 0.3 is 0 Å². The van der Waals surface area contributed by atoms with Crippen LogP contribution in [0, 0.1) is 0 Å². The molecule has 262 valence electrons. The van der Waals surface area contributed by atoms with E-state index >= 15 is 0 Å². The van der Waals surface area contributed by atoms with Crippen molar-refractivity contribution in [3.63, 3.8) is 0 Å². The summed E-state index contributed by atoms with van der Waals surface area (Å²) in [7, 11) is 0. The van der Waals surface area contributed by atoms with Crippen LogP contribution in [0.25, 0.3) is 82.1 Å². The van der Waals surface area contributed by atoms with Gasteiger partial charge in [-0.2, -0.15) is 0 Å². The van der Waals surface area contributed by atoms with Gasteiger partial charge in [-0.15, -0.1) is 0 Å². The van der Waals surface area contributed by atoms with Gasteiger partial charge in [0.25, 0.3) is 0 Å². The van der Waals surface area contributed by atoms with E-state index < -0.39 is 0 Å². The maximum Gasteiger partial charge on any atom is 0.0547 e. The number of nitrogens with zero attached hydrogens (tertiary/aromatic N) is 2. The third-order valence-electron chi connectivity index (χ3n) is 11.4. The zero-order valence-corrected chi connectivity index (χ0v) is 30.7. The highest BCUT2D eigenvalue weighted by molar-refractivity contribution is 6.21. The molecular formula is C54H36N2. The summed E-state index contributed by atoms with van der Waals surface area (Å²) < 4.78 is 2.43. The van der Waals surface area contributed by atoms with Gasteiger partial charge in [0.05, 0.1) is 22.4 Å². The lowest BCUT2D eigenvalue weighted by Gasteiger charge is -2.29. The van der Waals surface area contributed by atoms with Crippen molar-refractivity contribution in [3.05, 3.63) is 218 Å². The molecule has 0 saturated carbocycles. The maximum atomic E-state index is 2.44. The molecule has 0 fully saturated rings. The first-order valence-electron chi connectivity index (χ1n) is 19.3. The number of rotatable bonds is 6. The highest BCUT2D eigenvalue weighted by atomic mass is 15.1. The fraction of sp³-hybridized carbons (Fsp3) is 0. The number of hydrogen-bond acceptors (Lipinski definition) is 1. The number of anilines is 3. The molecule has 11 aromatic rings. The van der Waals surface area contributed by atoms with Crippen molar-refractivity contribution in [1.29, 1.82) is 0 Å². The van der Waals surface area contributed by atoms with E-state index in [0.717, 1.165) is 22.7 Å². The van der Waals surface area contributed by atoms with Gasteiger partial charge in [0.15, 0.2) is 0 Å². The molecule has 0 bridgehead atoms. The lowest BCUT2D eigenvalue weighted by molar-refractivity contribution is 1.19. The van der Waals surface area contributed by atoms with Gasteiger partial charge in [-0.1, -0.05) is 170 Å². The van der Waals surface area contributed by atoms with Crippen molar-refractivity contribution >= 4 is 71.2 Å². The van der Waals surface area contributed by atoms with Gasteiger partial charge in [0.2, 0.25) is 0 Å². The van der Waals surface area contributed by atoms with Crippen LogP contribution < -0.4 is 4.90 Å². The first-order chi connectivity index (χ1) is 27.8. The van der Waals surface area contributed by atoms with Gasteiger partial charge in [-0.3, -0.25) is 0 Å². The molecule has 10 aromatic carbocycles. The average Bonchev–Trinajstić information content (AvgIpc) is 3.62.